The number of hydrogen-bond acceptors (Lipinski definition) is 4. The van der Waals surface area contributed by atoms with Gasteiger partial charge in [0.1, 0.15) is 10.3 Å². The van der Waals surface area contributed by atoms with Gasteiger partial charge in [-0.15, -0.1) is 11.3 Å². The summed E-state index contributed by atoms with van der Waals surface area (Å²) in [6.07, 6.45) is 0.962. The van der Waals surface area contributed by atoms with Gasteiger partial charge in [-0.2, -0.15) is 4.31 Å². The summed E-state index contributed by atoms with van der Waals surface area (Å²) in [6.45, 7) is 0.273. The Morgan fingerprint density at radius 3 is 2.76 bits per heavy atom. The zero-order valence-electron chi connectivity index (χ0n) is 8.67. The van der Waals surface area contributed by atoms with E-state index in [0.29, 0.717) is 16.6 Å². The summed E-state index contributed by atoms with van der Waals surface area (Å²) in [6, 6.07) is 2.20. The van der Waals surface area contributed by atoms with Crippen molar-refractivity contribution in [3.05, 3.63) is 15.9 Å². The Morgan fingerprint density at radius 1 is 1.53 bits per heavy atom. The topological polar surface area (TPSA) is 74.7 Å². The Kier molecular flexibility index (Phi) is 3.58. The molecule has 1 N–H and O–H groups in total. The Balaban J connectivity index is 2.36. The van der Waals surface area contributed by atoms with Crippen LogP contribution in [0.4, 0.5) is 0 Å². The van der Waals surface area contributed by atoms with Gasteiger partial charge >= 0.3 is 5.97 Å². The molecule has 1 aliphatic rings. The molecule has 1 aromatic rings. The van der Waals surface area contributed by atoms with Crippen LogP contribution in [0.15, 0.2) is 20.1 Å². The summed E-state index contributed by atoms with van der Waals surface area (Å²) in [5.41, 5.74) is 0. The second-order valence-corrected chi connectivity index (χ2v) is 8.25. The number of sulfonamides is 1. The molecule has 1 fully saturated rings. The van der Waals surface area contributed by atoms with Crippen molar-refractivity contribution in [3.8, 4) is 0 Å². The van der Waals surface area contributed by atoms with Crippen LogP contribution >= 0.6 is 27.3 Å². The van der Waals surface area contributed by atoms with E-state index in [2.05, 4.69) is 15.9 Å². The third kappa shape index (κ3) is 2.40. The van der Waals surface area contributed by atoms with Crippen LogP contribution in [0.1, 0.15) is 12.8 Å². The largest absolute Gasteiger partial charge is 0.480 e. The second kappa shape index (κ2) is 4.68. The van der Waals surface area contributed by atoms with Crippen molar-refractivity contribution in [1.82, 2.24) is 4.31 Å². The van der Waals surface area contributed by atoms with E-state index >= 15 is 0 Å². The lowest BCUT2D eigenvalue weighted by atomic mass is 10.2. The van der Waals surface area contributed by atoms with E-state index in [1.807, 2.05) is 0 Å². The fraction of sp³-hybridized carbons (Fsp3) is 0.444. The van der Waals surface area contributed by atoms with E-state index in [-0.39, 0.29) is 10.8 Å². The number of aliphatic carboxylic acids is 1. The van der Waals surface area contributed by atoms with E-state index < -0.39 is 22.0 Å². The van der Waals surface area contributed by atoms with Crippen molar-refractivity contribution in [2.75, 3.05) is 6.54 Å². The summed E-state index contributed by atoms with van der Waals surface area (Å²) < 4.78 is 26.4. The highest BCUT2D eigenvalue weighted by Crippen LogP contribution is 2.32. The fourth-order valence-corrected chi connectivity index (χ4v) is 5.62. The molecule has 0 spiro atoms. The van der Waals surface area contributed by atoms with Gasteiger partial charge in [-0.25, -0.2) is 8.42 Å². The molecule has 1 aliphatic heterocycles. The van der Waals surface area contributed by atoms with Crippen LogP contribution in [-0.2, 0) is 14.8 Å². The van der Waals surface area contributed by atoms with E-state index in [1.165, 1.54) is 6.07 Å². The molecule has 8 heteroatoms. The molecule has 5 nitrogen and oxygen atoms in total. The van der Waals surface area contributed by atoms with Gasteiger partial charge in [0.25, 0.3) is 10.0 Å². The van der Waals surface area contributed by atoms with Crippen molar-refractivity contribution in [2.24, 2.45) is 0 Å². The molecular weight excluding hydrogens is 330 g/mol. The first kappa shape index (κ1) is 13.0. The summed E-state index contributed by atoms with van der Waals surface area (Å²) in [7, 11) is -3.67. The van der Waals surface area contributed by atoms with Gasteiger partial charge in [-0.3, -0.25) is 4.79 Å². The highest BCUT2D eigenvalue weighted by atomic mass is 79.9. The molecule has 0 aliphatic carbocycles. The minimum absolute atomic E-state index is 0.178. The molecule has 0 unspecified atom stereocenters. The Hall–Kier alpha value is -0.440. The average Bonchev–Trinajstić information content (AvgIpc) is 2.84. The number of carboxylic acids is 1. The molecule has 1 atom stereocenters. The number of halogens is 1. The lowest BCUT2D eigenvalue weighted by Crippen LogP contribution is -2.40. The molecule has 2 rings (SSSR count). The van der Waals surface area contributed by atoms with Crippen molar-refractivity contribution in [1.29, 1.82) is 0 Å². The number of thiophene rings is 1. The van der Waals surface area contributed by atoms with Crippen molar-refractivity contribution in [3.63, 3.8) is 0 Å². The number of hydrogen-bond donors (Lipinski definition) is 1. The molecule has 0 saturated carbocycles. The summed E-state index contributed by atoms with van der Waals surface area (Å²) in [4.78, 5) is 11.0. The predicted molar refractivity (Wildman–Crippen MR) is 66.6 cm³/mol. The highest BCUT2D eigenvalue weighted by molar-refractivity contribution is 9.11. The van der Waals surface area contributed by atoms with Gasteiger partial charge in [0.2, 0.25) is 0 Å². The summed E-state index contributed by atoms with van der Waals surface area (Å²) in [5.74, 6) is -1.08. The van der Waals surface area contributed by atoms with Crippen LogP contribution in [0.3, 0.4) is 0 Å². The molecule has 2 heterocycles. The van der Waals surface area contributed by atoms with E-state index in [1.54, 1.807) is 6.07 Å². The van der Waals surface area contributed by atoms with Gasteiger partial charge in [0.15, 0.2) is 0 Å². The molecule has 0 aromatic carbocycles. The van der Waals surface area contributed by atoms with Crippen molar-refractivity contribution >= 4 is 43.3 Å². The van der Waals surface area contributed by atoms with E-state index in [4.69, 9.17) is 5.11 Å². The second-order valence-electron chi connectivity index (χ2n) is 3.67. The first-order valence-corrected chi connectivity index (χ1v) is 7.98. The number of carbonyl (C=O) groups is 1. The first-order valence-electron chi connectivity index (χ1n) is 4.93. The molecule has 17 heavy (non-hydrogen) atoms. The van der Waals surface area contributed by atoms with Gasteiger partial charge < -0.3 is 5.11 Å². The minimum atomic E-state index is -3.67. The molecule has 94 valence electrons. The Labute approximate surface area is 111 Å². The van der Waals surface area contributed by atoms with Gasteiger partial charge in [0, 0.05) is 6.54 Å². The summed E-state index contributed by atoms with van der Waals surface area (Å²) >= 11 is 4.29. The molecule has 1 saturated heterocycles. The Bertz CT molecular complexity index is 539. The number of carboxylic acid groups (broad SMARTS) is 1. The maximum Gasteiger partial charge on any atom is 0.322 e. The third-order valence-corrected chi connectivity index (χ3v) is 6.60. The SMILES string of the molecule is O=C(O)[C@@H]1CCCN1S(=O)(=O)c1ccc(Br)s1. The van der Waals surface area contributed by atoms with Crippen LogP contribution in [-0.4, -0.2) is 36.4 Å². The van der Waals surface area contributed by atoms with Crippen molar-refractivity contribution < 1.29 is 18.3 Å². The van der Waals surface area contributed by atoms with E-state index in [0.717, 1.165) is 15.6 Å². The van der Waals surface area contributed by atoms with Crippen LogP contribution < -0.4 is 0 Å². The monoisotopic (exact) mass is 339 g/mol. The third-order valence-electron chi connectivity index (χ3n) is 2.60. The summed E-state index contributed by atoms with van der Waals surface area (Å²) in [5, 5.41) is 8.99. The number of rotatable bonds is 3. The lowest BCUT2D eigenvalue weighted by Gasteiger charge is -2.19. The normalized spacial score (nSPS) is 21.8. The first-order chi connectivity index (χ1) is 7.93. The Morgan fingerprint density at radius 2 is 2.24 bits per heavy atom. The highest BCUT2D eigenvalue weighted by Gasteiger charge is 2.39. The average molecular weight is 340 g/mol. The molecule has 0 bridgehead atoms. The fourth-order valence-electron chi connectivity index (χ4n) is 1.83. The van der Waals surface area contributed by atoms with Crippen LogP contribution in [0.5, 0.6) is 0 Å². The van der Waals surface area contributed by atoms with E-state index in [9.17, 15) is 13.2 Å². The van der Waals surface area contributed by atoms with Crippen molar-refractivity contribution in [2.45, 2.75) is 23.1 Å². The van der Waals surface area contributed by atoms with Gasteiger partial charge in [-0.05, 0) is 40.9 Å². The van der Waals surface area contributed by atoms with Crippen LogP contribution in [0.25, 0.3) is 0 Å². The predicted octanol–water partition coefficient (Wildman–Crippen LogP) is 1.75. The standard InChI is InChI=1S/C9H10BrNO4S2/c10-7-3-4-8(16-7)17(14,15)11-5-1-2-6(11)9(12)13/h3-4,6H,1-2,5H2,(H,12,13)/t6-/m0/s1. The molecule has 0 amide bonds. The van der Waals surface area contributed by atoms with Crippen LogP contribution in [0.2, 0.25) is 0 Å². The minimum Gasteiger partial charge on any atom is -0.480 e. The maximum absolute atomic E-state index is 12.2. The van der Waals surface area contributed by atoms with Gasteiger partial charge in [-0.1, -0.05) is 0 Å². The maximum atomic E-state index is 12.2. The quantitative estimate of drug-likeness (QED) is 0.910. The zero-order chi connectivity index (χ0) is 12.6. The molecular formula is C9H10BrNO4S2. The molecule has 1 aromatic heterocycles. The van der Waals surface area contributed by atoms with Crippen LogP contribution in [0, 0.1) is 0 Å². The lowest BCUT2D eigenvalue weighted by molar-refractivity contribution is -0.140. The smallest absolute Gasteiger partial charge is 0.322 e. The number of nitrogens with zero attached hydrogens (tertiary/aromatic N) is 1. The van der Waals surface area contributed by atoms with Gasteiger partial charge in [0.05, 0.1) is 3.79 Å². The zero-order valence-corrected chi connectivity index (χ0v) is 11.9. The molecule has 0 radical (unpaired) electrons.